The summed E-state index contributed by atoms with van der Waals surface area (Å²) in [6.07, 6.45) is 1.25. The maximum absolute atomic E-state index is 11.6. The normalized spacial score (nSPS) is 11.3. The van der Waals surface area contributed by atoms with E-state index in [1.165, 1.54) is 6.08 Å². The van der Waals surface area contributed by atoms with E-state index in [0.29, 0.717) is 5.56 Å². The Kier molecular flexibility index (Phi) is 4.10. The zero-order valence-corrected chi connectivity index (χ0v) is 10.9. The third kappa shape index (κ3) is 2.83. The number of ether oxygens (including phenoxy) is 1. The van der Waals surface area contributed by atoms with Gasteiger partial charge in [0.25, 0.3) is 0 Å². The van der Waals surface area contributed by atoms with Crippen LogP contribution in [-0.2, 0) is 9.53 Å². The fourth-order valence-electron chi connectivity index (χ4n) is 1.90. The standard InChI is InChI=1S/C15H13NO4/c1-2-20-15(17)14(16(18)19)10-12-9-8-11-6-4-3-5-7-13(11)12/h3-10H,2H2,1H3/b14-10-. The molecule has 0 amide bonds. The summed E-state index contributed by atoms with van der Waals surface area (Å²) in [6, 6.07) is 12.9. The molecule has 0 spiro atoms. The fraction of sp³-hybridized carbons (Fsp3) is 0.133. The average Bonchev–Trinajstić information content (AvgIpc) is 2.63. The lowest BCUT2D eigenvalue weighted by Crippen LogP contribution is -2.14. The molecule has 2 rings (SSSR count). The molecule has 0 aromatic heterocycles. The molecule has 0 aliphatic heterocycles. The van der Waals surface area contributed by atoms with Crippen LogP contribution < -0.4 is 0 Å². The Labute approximate surface area is 116 Å². The number of esters is 1. The van der Waals surface area contributed by atoms with Gasteiger partial charge in [-0.25, -0.2) is 4.79 Å². The number of nitrogens with zero attached hydrogens (tertiary/aromatic N) is 1. The molecule has 0 aromatic rings. The lowest BCUT2D eigenvalue weighted by Gasteiger charge is -2.00. The van der Waals surface area contributed by atoms with Gasteiger partial charge in [-0.05, 0) is 23.6 Å². The zero-order chi connectivity index (χ0) is 14.5. The van der Waals surface area contributed by atoms with Gasteiger partial charge >= 0.3 is 11.7 Å². The van der Waals surface area contributed by atoms with E-state index in [2.05, 4.69) is 0 Å². The van der Waals surface area contributed by atoms with Gasteiger partial charge in [0.15, 0.2) is 0 Å². The highest BCUT2D eigenvalue weighted by atomic mass is 16.6. The van der Waals surface area contributed by atoms with Crippen LogP contribution in [-0.4, -0.2) is 17.5 Å². The first-order chi connectivity index (χ1) is 9.63. The molecule has 20 heavy (non-hydrogen) atoms. The van der Waals surface area contributed by atoms with Crippen LogP contribution in [0.25, 0.3) is 17.2 Å². The first-order valence-corrected chi connectivity index (χ1v) is 6.14. The molecule has 2 aliphatic rings. The molecule has 0 fully saturated rings. The second-order valence-corrected chi connectivity index (χ2v) is 4.08. The third-order valence-corrected chi connectivity index (χ3v) is 2.80. The van der Waals surface area contributed by atoms with Crippen LogP contribution in [0.3, 0.4) is 0 Å². The monoisotopic (exact) mass is 271 g/mol. The summed E-state index contributed by atoms with van der Waals surface area (Å²) in [6.45, 7) is 1.70. The molecule has 5 nitrogen and oxygen atoms in total. The lowest BCUT2D eigenvalue weighted by molar-refractivity contribution is -0.419. The summed E-state index contributed by atoms with van der Waals surface area (Å²) in [5.74, 6) is -0.924. The minimum atomic E-state index is -0.924. The topological polar surface area (TPSA) is 69.4 Å². The van der Waals surface area contributed by atoms with E-state index in [0.717, 1.165) is 11.1 Å². The summed E-state index contributed by atoms with van der Waals surface area (Å²) < 4.78 is 4.70. The van der Waals surface area contributed by atoms with Gasteiger partial charge in [0, 0.05) is 6.08 Å². The van der Waals surface area contributed by atoms with Gasteiger partial charge in [0.1, 0.15) is 0 Å². The van der Waals surface area contributed by atoms with Gasteiger partial charge in [-0.2, -0.15) is 0 Å². The maximum atomic E-state index is 11.6. The second kappa shape index (κ2) is 5.97. The minimum Gasteiger partial charge on any atom is -0.458 e. The van der Waals surface area contributed by atoms with Crippen LogP contribution >= 0.6 is 0 Å². The Morgan fingerprint density at radius 3 is 2.70 bits per heavy atom. The molecule has 0 N–H and O–H groups in total. The number of carbonyl (C=O) groups excluding carboxylic acids is 1. The van der Waals surface area contributed by atoms with Crippen LogP contribution in [0.1, 0.15) is 12.5 Å². The first kappa shape index (κ1) is 13.7. The van der Waals surface area contributed by atoms with Gasteiger partial charge in [0.05, 0.1) is 11.5 Å². The van der Waals surface area contributed by atoms with Crippen molar-refractivity contribution in [2.75, 3.05) is 6.61 Å². The molecule has 0 radical (unpaired) electrons. The molecule has 0 heterocycles. The molecule has 5 heteroatoms. The van der Waals surface area contributed by atoms with Crippen molar-refractivity contribution in [3.05, 3.63) is 63.8 Å². The number of carbonyl (C=O) groups is 1. The van der Waals surface area contributed by atoms with E-state index in [4.69, 9.17) is 4.74 Å². The Balaban J connectivity index is 2.46. The molecule has 0 bridgehead atoms. The van der Waals surface area contributed by atoms with Crippen LogP contribution in [0.15, 0.2) is 48.2 Å². The van der Waals surface area contributed by atoms with Crippen molar-refractivity contribution in [1.29, 1.82) is 0 Å². The van der Waals surface area contributed by atoms with Crippen LogP contribution in [0.4, 0.5) is 0 Å². The predicted molar refractivity (Wildman–Crippen MR) is 74.7 cm³/mol. The fourth-order valence-corrected chi connectivity index (χ4v) is 1.90. The maximum Gasteiger partial charge on any atom is 0.409 e. The molecule has 0 saturated carbocycles. The van der Waals surface area contributed by atoms with Gasteiger partial charge in [-0.3, -0.25) is 10.1 Å². The van der Waals surface area contributed by atoms with E-state index < -0.39 is 16.6 Å². The number of hydrogen-bond acceptors (Lipinski definition) is 4. The molecular formula is C15H13NO4. The summed E-state index contributed by atoms with van der Waals surface area (Å²) in [7, 11) is 0. The molecule has 0 saturated heterocycles. The Morgan fingerprint density at radius 1 is 1.25 bits per heavy atom. The van der Waals surface area contributed by atoms with Gasteiger partial charge < -0.3 is 4.74 Å². The van der Waals surface area contributed by atoms with Crippen molar-refractivity contribution in [3.8, 4) is 11.1 Å². The van der Waals surface area contributed by atoms with E-state index in [-0.39, 0.29) is 6.61 Å². The van der Waals surface area contributed by atoms with Crippen molar-refractivity contribution in [2.45, 2.75) is 6.92 Å². The van der Waals surface area contributed by atoms with Gasteiger partial charge in [0.2, 0.25) is 0 Å². The summed E-state index contributed by atoms with van der Waals surface area (Å²) >= 11 is 0. The van der Waals surface area contributed by atoms with Crippen LogP contribution in [0.2, 0.25) is 0 Å². The van der Waals surface area contributed by atoms with Crippen molar-refractivity contribution in [3.63, 3.8) is 0 Å². The molecule has 0 aromatic carbocycles. The molecule has 102 valence electrons. The van der Waals surface area contributed by atoms with Crippen LogP contribution in [0, 0.1) is 10.1 Å². The number of rotatable bonds is 4. The van der Waals surface area contributed by atoms with Crippen molar-refractivity contribution >= 4 is 12.0 Å². The zero-order valence-electron chi connectivity index (χ0n) is 10.9. The predicted octanol–water partition coefficient (Wildman–Crippen LogP) is 2.97. The van der Waals surface area contributed by atoms with Crippen LogP contribution in [0.5, 0.6) is 0 Å². The van der Waals surface area contributed by atoms with E-state index in [1.807, 2.05) is 36.4 Å². The minimum absolute atomic E-state index is 0.0979. The molecule has 0 atom stereocenters. The number of hydrogen-bond donors (Lipinski definition) is 0. The van der Waals surface area contributed by atoms with Crippen molar-refractivity contribution in [1.82, 2.24) is 0 Å². The molecular weight excluding hydrogens is 258 g/mol. The third-order valence-electron chi connectivity index (χ3n) is 2.80. The van der Waals surface area contributed by atoms with Gasteiger partial charge in [-0.1, -0.05) is 42.5 Å². The van der Waals surface area contributed by atoms with Crippen molar-refractivity contribution in [2.24, 2.45) is 0 Å². The highest BCUT2D eigenvalue weighted by Gasteiger charge is 2.24. The Bertz CT molecular complexity index is 648. The van der Waals surface area contributed by atoms with E-state index in [1.54, 1.807) is 13.0 Å². The summed E-state index contributed by atoms with van der Waals surface area (Å²) in [4.78, 5) is 21.8. The number of fused-ring (bicyclic) bond motifs is 1. The Morgan fingerprint density at radius 2 is 2.00 bits per heavy atom. The first-order valence-electron chi connectivity index (χ1n) is 6.14. The average molecular weight is 271 g/mol. The second-order valence-electron chi connectivity index (χ2n) is 4.08. The SMILES string of the molecule is CCOC(=O)/C(=C/c1ccc2cccccc1-2)[N+](=O)[O-]. The van der Waals surface area contributed by atoms with Gasteiger partial charge in [-0.15, -0.1) is 0 Å². The Hall–Kier alpha value is -2.69. The highest BCUT2D eigenvalue weighted by Crippen LogP contribution is 2.28. The summed E-state index contributed by atoms with van der Waals surface area (Å²) in [5, 5.41) is 11.0. The number of nitro groups is 1. The van der Waals surface area contributed by atoms with E-state index >= 15 is 0 Å². The highest BCUT2D eigenvalue weighted by molar-refractivity contribution is 5.93. The molecule has 2 aliphatic carbocycles. The summed E-state index contributed by atoms with van der Waals surface area (Å²) in [5.41, 5.74) is 1.85. The largest absolute Gasteiger partial charge is 0.458 e. The van der Waals surface area contributed by atoms with Crippen molar-refractivity contribution < 1.29 is 14.5 Å². The lowest BCUT2D eigenvalue weighted by atomic mass is 10.1. The molecule has 0 unspecified atom stereocenters. The smallest absolute Gasteiger partial charge is 0.409 e. The van der Waals surface area contributed by atoms with E-state index in [9.17, 15) is 14.9 Å². The quantitative estimate of drug-likeness (QED) is 0.371.